The van der Waals surface area contributed by atoms with Crippen molar-refractivity contribution in [2.24, 2.45) is 7.05 Å². The monoisotopic (exact) mass is 326 g/mol. The van der Waals surface area contributed by atoms with Crippen molar-refractivity contribution in [2.45, 2.75) is 10.1 Å². The standard InChI is InChI=1S/C18H18N2S2/c1-20-9-8-15-10-13(6-7-16(15)20)4-5-14-11-17(21-2)19-18(12-14)22-3/h4-12H,1-3H3/b5-4-. The van der Waals surface area contributed by atoms with Crippen molar-refractivity contribution in [3.05, 3.63) is 53.7 Å². The van der Waals surface area contributed by atoms with Crippen molar-refractivity contribution in [3.63, 3.8) is 0 Å². The molecular weight excluding hydrogens is 308 g/mol. The van der Waals surface area contributed by atoms with E-state index >= 15 is 0 Å². The van der Waals surface area contributed by atoms with Crippen LogP contribution in [0.4, 0.5) is 0 Å². The highest BCUT2D eigenvalue weighted by molar-refractivity contribution is 7.99. The van der Waals surface area contributed by atoms with Gasteiger partial charge in [-0.15, -0.1) is 23.5 Å². The fourth-order valence-electron chi connectivity index (χ4n) is 2.40. The summed E-state index contributed by atoms with van der Waals surface area (Å²) in [4.78, 5) is 4.56. The van der Waals surface area contributed by atoms with Crippen molar-refractivity contribution in [1.29, 1.82) is 0 Å². The van der Waals surface area contributed by atoms with Gasteiger partial charge in [0.15, 0.2) is 0 Å². The molecule has 0 amide bonds. The number of fused-ring (bicyclic) bond motifs is 1. The van der Waals surface area contributed by atoms with Gasteiger partial charge in [-0.1, -0.05) is 18.2 Å². The van der Waals surface area contributed by atoms with Gasteiger partial charge in [-0.05, 0) is 54.0 Å². The second-order valence-electron chi connectivity index (χ2n) is 5.06. The maximum atomic E-state index is 4.56. The summed E-state index contributed by atoms with van der Waals surface area (Å²) in [5.74, 6) is 0. The minimum atomic E-state index is 1.06. The molecule has 2 nitrogen and oxygen atoms in total. The van der Waals surface area contributed by atoms with Gasteiger partial charge >= 0.3 is 0 Å². The quantitative estimate of drug-likeness (QED) is 0.615. The summed E-state index contributed by atoms with van der Waals surface area (Å²) < 4.78 is 2.14. The number of nitrogens with zero attached hydrogens (tertiary/aromatic N) is 2. The van der Waals surface area contributed by atoms with Crippen LogP contribution in [-0.4, -0.2) is 22.1 Å². The maximum Gasteiger partial charge on any atom is 0.0976 e. The van der Waals surface area contributed by atoms with Crippen LogP contribution in [0, 0.1) is 0 Å². The summed E-state index contributed by atoms with van der Waals surface area (Å²) >= 11 is 3.36. The Kier molecular flexibility index (Phi) is 4.60. The first-order chi connectivity index (χ1) is 10.7. The van der Waals surface area contributed by atoms with E-state index in [0.717, 1.165) is 10.1 Å². The molecule has 0 unspecified atom stereocenters. The average Bonchev–Trinajstić information content (AvgIpc) is 2.93. The van der Waals surface area contributed by atoms with Crippen LogP contribution in [0.3, 0.4) is 0 Å². The van der Waals surface area contributed by atoms with Crippen molar-refractivity contribution in [3.8, 4) is 0 Å². The Labute approximate surface area is 139 Å². The zero-order chi connectivity index (χ0) is 15.5. The molecule has 22 heavy (non-hydrogen) atoms. The first-order valence-electron chi connectivity index (χ1n) is 7.03. The van der Waals surface area contributed by atoms with E-state index in [1.807, 2.05) is 0 Å². The molecular formula is C18H18N2S2. The first-order valence-corrected chi connectivity index (χ1v) is 9.48. The molecule has 4 heteroatoms. The van der Waals surface area contributed by atoms with Crippen LogP contribution in [0.25, 0.3) is 23.1 Å². The topological polar surface area (TPSA) is 17.8 Å². The summed E-state index contributed by atoms with van der Waals surface area (Å²) in [6.07, 6.45) is 10.5. The second kappa shape index (κ2) is 6.63. The van der Waals surface area contributed by atoms with Crippen LogP contribution in [0.5, 0.6) is 0 Å². The maximum absolute atomic E-state index is 4.56. The van der Waals surface area contributed by atoms with Gasteiger partial charge in [-0.3, -0.25) is 0 Å². The molecule has 2 aromatic heterocycles. The fourth-order valence-corrected chi connectivity index (χ4v) is 3.35. The highest BCUT2D eigenvalue weighted by Gasteiger charge is 2.00. The molecule has 0 bridgehead atoms. The molecule has 0 spiro atoms. The van der Waals surface area contributed by atoms with E-state index < -0.39 is 0 Å². The second-order valence-corrected chi connectivity index (χ2v) is 6.72. The van der Waals surface area contributed by atoms with Crippen LogP contribution in [-0.2, 0) is 7.05 Å². The zero-order valence-electron chi connectivity index (χ0n) is 12.9. The van der Waals surface area contributed by atoms with Gasteiger partial charge in [0.2, 0.25) is 0 Å². The Morgan fingerprint density at radius 1 is 0.909 bits per heavy atom. The third-order valence-electron chi connectivity index (χ3n) is 3.60. The van der Waals surface area contributed by atoms with Gasteiger partial charge in [0, 0.05) is 24.1 Å². The predicted molar refractivity (Wildman–Crippen MR) is 99.6 cm³/mol. The summed E-state index contributed by atoms with van der Waals surface area (Å²) in [6, 6.07) is 13.0. The molecule has 3 rings (SSSR count). The molecule has 0 fully saturated rings. The van der Waals surface area contributed by atoms with Gasteiger partial charge in [-0.25, -0.2) is 4.98 Å². The Morgan fingerprint density at radius 2 is 1.59 bits per heavy atom. The van der Waals surface area contributed by atoms with Crippen LogP contribution in [0.1, 0.15) is 11.1 Å². The van der Waals surface area contributed by atoms with E-state index in [-0.39, 0.29) is 0 Å². The first kappa shape index (κ1) is 15.3. The minimum Gasteiger partial charge on any atom is -0.351 e. The Bertz CT molecular complexity index is 812. The molecule has 2 heterocycles. The number of pyridine rings is 1. The lowest BCUT2D eigenvalue weighted by atomic mass is 10.1. The lowest BCUT2D eigenvalue weighted by Gasteiger charge is -2.03. The normalized spacial score (nSPS) is 11.6. The van der Waals surface area contributed by atoms with E-state index in [1.54, 1.807) is 23.5 Å². The summed E-state index contributed by atoms with van der Waals surface area (Å²) in [5, 5.41) is 3.39. The molecule has 0 radical (unpaired) electrons. The van der Waals surface area contributed by atoms with Crippen LogP contribution >= 0.6 is 23.5 Å². The fraction of sp³-hybridized carbons (Fsp3) is 0.167. The average molecular weight is 326 g/mol. The van der Waals surface area contributed by atoms with Crippen molar-refractivity contribution in [2.75, 3.05) is 12.5 Å². The van der Waals surface area contributed by atoms with E-state index in [1.165, 1.54) is 22.0 Å². The van der Waals surface area contributed by atoms with Crippen LogP contribution < -0.4 is 0 Å². The molecule has 0 aliphatic rings. The van der Waals surface area contributed by atoms with Crippen molar-refractivity contribution < 1.29 is 0 Å². The third-order valence-corrected chi connectivity index (χ3v) is 4.85. The van der Waals surface area contributed by atoms with Gasteiger partial charge in [0.05, 0.1) is 10.1 Å². The molecule has 1 aromatic carbocycles. The molecule has 0 atom stereocenters. The van der Waals surface area contributed by atoms with E-state index in [2.05, 4.69) is 83.9 Å². The number of hydrogen-bond acceptors (Lipinski definition) is 3. The number of hydrogen-bond donors (Lipinski definition) is 0. The molecule has 3 aromatic rings. The van der Waals surface area contributed by atoms with Crippen LogP contribution in [0.2, 0.25) is 0 Å². The molecule has 0 aliphatic heterocycles. The number of thioether (sulfide) groups is 2. The number of aryl methyl sites for hydroxylation is 1. The zero-order valence-corrected chi connectivity index (χ0v) is 14.5. The Balaban J connectivity index is 1.91. The minimum absolute atomic E-state index is 1.06. The predicted octanol–water partition coefficient (Wildman–Crippen LogP) is 5.19. The SMILES string of the molecule is CSc1cc(/C=C\c2ccc3c(ccn3C)c2)cc(SC)n1. The smallest absolute Gasteiger partial charge is 0.0976 e. The molecule has 0 aliphatic carbocycles. The number of aromatic nitrogens is 2. The molecule has 0 saturated carbocycles. The summed E-state index contributed by atoms with van der Waals surface area (Å²) in [5.41, 5.74) is 3.67. The molecule has 0 N–H and O–H groups in total. The molecule has 112 valence electrons. The highest BCUT2D eigenvalue weighted by atomic mass is 32.2. The van der Waals surface area contributed by atoms with E-state index in [0.29, 0.717) is 0 Å². The molecule has 0 saturated heterocycles. The van der Waals surface area contributed by atoms with Gasteiger partial charge in [0.25, 0.3) is 0 Å². The van der Waals surface area contributed by atoms with E-state index in [4.69, 9.17) is 0 Å². The largest absolute Gasteiger partial charge is 0.351 e. The van der Waals surface area contributed by atoms with Crippen molar-refractivity contribution in [1.82, 2.24) is 9.55 Å². The lowest BCUT2D eigenvalue weighted by molar-refractivity contribution is 0.969. The Hall–Kier alpha value is -1.65. The summed E-state index contributed by atoms with van der Waals surface area (Å²) in [7, 11) is 2.07. The van der Waals surface area contributed by atoms with Gasteiger partial charge in [0.1, 0.15) is 0 Å². The summed E-state index contributed by atoms with van der Waals surface area (Å²) in [6.45, 7) is 0. The van der Waals surface area contributed by atoms with Crippen LogP contribution in [0.15, 0.2) is 52.6 Å². The Morgan fingerprint density at radius 3 is 2.27 bits per heavy atom. The number of benzene rings is 1. The number of rotatable bonds is 4. The van der Waals surface area contributed by atoms with Gasteiger partial charge in [-0.2, -0.15) is 0 Å². The lowest BCUT2D eigenvalue weighted by Crippen LogP contribution is -1.85. The highest BCUT2D eigenvalue weighted by Crippen LogP contribution is 2.23. The van der Waals surface area contributed by atoms with Gasteiger partial charge < -0.3 is 4.57 Å². The van der Waals surface area contributed by atoms with Crippen molar-refractivity contribution >= 4 is 46.6 Å². The van der Waals surface area contributed by atoms with E-state index in [9.17, 15) is 0 Å². The third kappa shape index (κ3) is 3.23.